The predicted octanol–water partition coefficient (Wildman–Crippen LogP) is 2.15. The average molecular weight is 293 g/mol. The summed E-state index contributed by atoms with van der Waals surface area (Å²) < 4.78 is 11.3. The SMILES string of the molecule is Cc1ccc(OCC(O)CN2C(C)COCC2C)c(C)c1. The number of aliphatic hydroxyl groups is 1. The van der Waals surface area contributed by atoms with E-state index >= 15 is 0 Å². The van der Waals surface area contributed by atoms with Crippen molar-refractivity contribution in [2.75, 3.05) is 26.4 Å². The van der Waals surface area contributed by atoms with Crippen molar-refractivity contribution in [3.05, 3.63) is 29.3 Å². The highest BCUT2D eigenvalue weighted by molar-refractivity contribution is 5.35. The average Bonchev–Trinajstić information content (AvgIpc) is 2.42. The van der Waals surface area contributed by atoms with Gasteiger partial charge in [-0.2, -0.15) is 0 Å². The Hall–Kier alpha value is -1.10. The molecule has 1 saturated heterocycles. The molecule has 1 aliphatic heterocycles. The fraction of sp³-hybridized carbons (Fsp3) is 0.647. The molecule has 1 aromatic rings. The van der Waals surface area contributed by atoms with Crippen LogP contribution in [-0.4, -0.2) is 54.6 Å². The van der Waals surface area contributed by atoms with Gasteiger partial charge in [0.15, 0.2) is 0 Å². The number of aliphatic hydroxyl groups excluding tert-OH is 1. The quantitative estimate of drug-likeness (QED) is 0.903. The Morgan fingerprint density at radius 2 is 1.95 bits per heavy atom. The van der Waals surface area contributed by atoms with E-state index in [0.29, 0.717) is 25.2 Å². The van der Waals surface area contributed by atoms with Crippen LogP contribution >= 0.6 is 0 Å². The second-order valence-electron chi connectivity index (χ2n) is 6.17. The third-order valence-electron chi connectivity index (χ3n) is 4.03. The van der Waals surface area contributed by atoms with Crippen LogP contribution in [0, 0.1) is 13.8 Å². The minimum atomic E-state index is -0.492. The normalized spacial score (nSPS) is 24.8. The molecule has 4 nitrogen and oxygen atoms in total. The summed E-state index contributed by atoms with van der Waals surface area (Å²) in [6.07, 6.45) is -0.492. The molecule has 1 aromatic carbocycles. The number of nitrogens with zero attached hydrogens (tertiary/aromatic N) is 1. The lowest BCUT2D eigenvalue weighted by atomic mass is 10.1. The highest BCUT2D eigenvalue weighted by Gasteiger charge is 2.27. The maximum absolute atomic E-state index is 10.2. The maximum atomic E-state index is 10.2. The Bertz CT molecular complexity index is 453. The molecule has 1 fully saturated rings. The van der Waals surface area contributed by atoms with Gasteiger partial charge in [-0.15, -0.1) is 0 Å². The Morgan fingerprint density at radius 1 is 1.29 bits per heavy atom. The van der Waals surface area contributed by atoms with Crippen LogP contribution in [0.2, 0.25) is 0 Å². The molecule has 0 aliphatic carbocycles. The molecule has 3 atom stereocenters. The second kappa shape index (κ2) is 7.25. The van der Waals surface area contributed by atoms with E-state index in [2.05, 4.69) is 31.7 Å². The van der Waals surface area contributed by atoms with Crippen molar-refractivity contribution in [3.63, 3.8) is 0 Å². The summed E-state index contributed by atoms with van der Waals surface area (Å²) >= 11 is 0. The highest BCUT2D eigenvalue weighted by Crippen LogP contribution is 2.19. The number of hydrogen-bond acceptors (Lipinski definition) is 4. The zero-order valence-electron chi connectivity index (χ0n) is 13.5. The number of aryl methyl sites for hydroxylation is 2. The van der Waals surface area contributed by atoms with E-state index in [4.69, 9.17) is 9.47 Å². The molecule has 0 amide bonds. The van der Waals surface area contributed by atoms with Gasteiger partial charge in [-0.05, 0) is 39.3 Å². The summed E-state index contributed by atoms with van der Waals surface area (Å²) in [6.45, 7) is 10.8. The fourth-order valence-electron chi connectivity index (χ4n) is 2.84. The minimum absolute atomic E-state index is 0.320. The standard InChI is InChI=1S/C17H27NO3/c1-12-5-6-17(13(2)7-12)21-11-16(19)8-18-14(3)9-20-10-15(18)4/h5-7,14-16,19H,8-11H2,1-4H3. The van der Waals surface area contributed by atoms with E-state index in [0.717, 1.165) is 24.5 Å². The second-order valence-corrected chi connectivity index (χ2v) is 6.17. The molecule has 1 N–H and O–H groups in total. The Morgan fingerprint density at radius 3 is 2.57 bits per heavy atom. The molecule has 0 spiro atoms. The summed E-state index contributed by atoms with van der Waals surface area (Å²) in [6, 6.07) is 6.76. The van der Waals surface area contributed by atoms with Crippen molar-refractivity contribution in [2.45, 2.75) is 45.9 Å². The van der Waals surface area contributed by atoms with Crippen molar-refractivity contribution in [1.29, 1.82) is 0 Å². The van der Waals surface area contributed by atoms with Gasteiger partial charge in [-0.25, -0.2) is 0 Å². The van der Waals surface area contributed by atoms with Gasteiger partial charge in [0.25, 0.3) is 0 Å². The maximum Gasteiger partial charge on any atom is 0.122 e. The zero-order valence-corrected chi connectivity index (χ0v) is 13.5. The summed E-state index contributed by atoms with van der Waals surface area (Å²) in [5.74, 6) is 0.850. The van der Waals surface area contributed by atoms with E-state index in [9.17, 15) is 5.11 Å². The molecule has 118 valence electrons. The monoisotopic (exact) mass is 293 g/mol. The molecule has 0 bridgehead atoms. The van der Waals surface area contributed by atoms with E-state index in [1.807, 2.05) is 19.1 Å². The number of ether oxygens (including phenoxy) is 2. The van der Waals surface area contributed by atoms with Crippen molar-refractivity contribution in [1.82, 2.24) is 4.90 Å². The number of morpholine rings is 1. The summed E-state index contributed by atoms with van der Waals surface area (Å²) in [5.41, 5.74) is 2.33. The van der Waals surface area contributed by atoms with Gasteiger partial charge < -0.3 is 14.6 Å². The van der Waals surface area contributed by atoms with Gasteiger partial charge in [-0.3, -0.25) is 4.90 Å². The third kappa shape index (κ3) is 4.43. The summed E-state index contributed by atoms with van der Waals surface area (Å²) in [4.78, 5) is 2.29. The van der Waals surface area contributed by atoms with Crippen molar-refractivity contribution < 1.29 is 14.6 Å². The Kier molecular flexibility index (Phi) is 5.62. The van der Waals surface area contributed by atoms with Crippen LogP contribution in [0.4, 0.5) is 0 Å². The van der Waals surface area contributed by atoms with Crippen LogP contribution in [0.1, 0.15) is 25.0 Å². The van der Waals surface area contributed by atoms with E-state index in [1.54, 1.807) is 0 Å². The first-order valence-electron chi connectivity index (χ1n) is 7.69. The molecule has 3 unspecified atom stereocenters. The molecule has 4 heteroatoms. The van der Waals surface area contributed by atoms with Crippen LogP contribution in [0.5, 0.6) is 5.75 Å². The van der Waals surface area contributed by atoms with Gasteiger partial charge in [0.1, 0.15) is 18.5 Å². The van der Waals surface area contributed by atoms with Crippen LogP contribution in [-0.2, 0) is 4.74 Å². The minimum Gasteiger partial charge on any atom is -0.491 e. The highest BCUT2D eigenvalue weighted by atomic mass is 16.5. The van der Waals surface area contributed by atoms with Crippen molar-refractivity contribution in [2.24, 2.45) is 0 Å². The molecule has 2 rings (SSSR count). The van der Waals surface area contributed by atoms with Gasteiger partial charge in [0.05, 0.1) is 13.2 Å². The number of hydrogen-bond donors (Lipinski definition) is 1. The van der Waals surface area contributed by atoms with Crippen LogP contribution in [0.15, 0.2) is 18.2 Å². The lowest BCUT2D eigenvalue weighted by molar-refractivity contribution is -0.0579. The molecular formula is C17H27NO3. The molecular weight excluding hydrogens is 266 g/mol. The number of rotatable bonds is 5. The van der Waals surface area contributed by atoms with Gasteiger partial charge in [-0.1, -0.05) is 17.7 Å². The van der Waals surface area contributed by atoms with Gasteiger partial charge in [0, 0.05) is 18.6 Å². The van der Waals surface area contributed by atoms with E-state index < -0.39 is 6.10 Å². The zero-order chi connectivity index (χ0) is 15.4. The first-order chi connectivity index (χ1) is 9.97. The smallest absolute Gasteiger partial charge is 0.122 e. The summed E-state index contributed by atoms with van der Waals surface area (Å²) in [5, 5.41) is 10.2. The lowest BCUT2D eigenvalue weighted by Gasteiger charge is -2.39. The molecule has 1 heterocycles. The van der Waals surface area contributed by atoms with Crippen LogP contribution in [0.3, 0.4) is 0 Å². The number of β-amino-alcohol motifs (C(OH)–C–C–N with tert-alkyl or cyclic N) is 1. The van der Waals surface area contributed by atoms with E-state index in [1.165, 1.54) is 5.56 Å². The fourth-order valence-corrected chi connectivity index (χ4v) is 2.84. The van der Waals surface area contributed by atoms with Crippen LogP contribution in [0.25, 0.3) is 0 Å². The Balaban J connectivity index is 1.85. The topological polar surface area (TPSA) is 41.9 Å². The molecule has 21 heavy (non-hydrogen) atoms. The van der Waals surface area contributed by atoms with Crippen molar-refractivity contribution >= 4 is 0 Å². The largest absolute Gasteiger partial charge is 0.491 e. The first kappa shape index (κ1) is 16.3. The Labute approximate surface area is 127 Å². The molecule has 0 aromatic heterocycles. The summed E-state index contributed by atoms with van der Waals surface area (Å²) in [7, 11) is 0. The van der Waals surface area contributed by atoms with Gasteiger partial charge in [0.2, 0.25) is 0 Å². The van der Waals surface area contributed by atoms with Gasteiger partial charge >= 0.3 is 0 Å². The van der Waals surface area contributed by atoms with Crippen LogP contribution < -0.4 is 4.74 Å². The predicted molar refractivity (Wildman–Crippen MR) is 83.9 cm³/mol. The molecule has 0 saturated carbocycles. The number of benzene rings is 1. The lowest BCUT2D eigenvalue weighted by Crippen LogP contribution is -2.52. The first-order valence-corrected chi connectivity index (χ1v) is 7.69. The molecule has 0 radical (unpaired) electrons. The van der Waals surface area contributed by atoms with Crippen molar-refractivity contribution in [3.8, 4) is 5.75 Å². The van der Waals surface area contributed by atoms with E-state index in [-0.39, 0.29) is 0 Å². The third-order valence-corrected chi connectivity index (χ3v) is 4.03. The molecule has 1 aliphatic rings.